The van der Waals surface area contributed by atoms with Crippen molar-refractivity contribution in [2.75, 3.05) is 20.1 Å². The highest BCUT2D eigenvalue weighted by Crippen LogP contribution is 2.40. The number of aromatic amines is 1. The monoisotopic (exact) mass is 351 g/mol. The van der Waals surface area contributed by atoms with E-state index in [9.17, 15) is 0 Å². The Balaban J connectivity index is 1.69. The van der Waals surface area contributed by atoms with Crippen molar-refractivity contribution in [3.8, 4) is 5.75 Å². The average Bonchev–Trinajstić information content (AvgIpc) is 3.07. The fourth-order valence-corrected chi connectivity index (χ4v) is 3.36. The van der Waals surface area contributed by atoms with Crippen molar-refractivity contribution >= 4 is 23.3 Å². The molecule has 1 aliphatic heterocycles. The standard InChI is InChI=1S/C20H25N5O/c1-20(8-9-20)26-14-6-7-16-15(12-14)19(24-23-16)17(21-2)13-18(22-3)25-10-4-5-11-25/h6-7,12-13H,3-5,8-11H2,1-2H3,(H,23,24)/b18-13+,21-17+. The first-order chi connectivity index (χ1) is 12.6. The molecule has 1 aliphatic carbocycles. The summed E-state index contributed by atoms with van der Waals surface area (Å²) in [6, 6.07) is 6.05. The minimum absolute atomic E-state index is 0.00512. The Hall–Kier alpha value is -2.63. The van der Waals surface area contributed by atoms with E-state index in [1.54, 1.807) is 7.05 Å². The van der Waals surface area contributed by atoms with Crippen LogP contribution in [0.4, 0.5) is 0 Å². The van der Waals surface area contributed by atoms with Crippen LogP contribution in [0.2, 0.25) is 0 Å². The molecule has 0 spiro atoms. The van der Waals surface area contributed by atoms with Gasteiger partial charge in [-0.05, 0) is 57.5 Å². The van der Waals surface area contributed by atoms with Gasteiger partial charge in [0.1, 0.15) is 22.9 Å². The van der Waals surface area contributed by atoms with E-state index in [-0.39, 0.29) is 5.60 Å². The second kappa shape index (κ2) is 6.59. The molecule has 0 bridgehead atoms. The van der Waals surface area contributed by atoms with Gasteiger partial charge in [-0.3, -0.25) is 10.1 Å². The van der Waals surface area contributed by atoms with Crippen LogP contribution in [0, 0.1) is 0 Å². The number of benzene rings is 1. The molecule has 0 radical (unpaired) electrons. The molecule has 26 heavy (non-hydrogen) atoms. The molecule has 2 fully saturated rings. The molecule has 6 heteroatoms. The molecule has 1 aromatic heterocycles. The summed E-state index contributed by atoms with van der Waals surface area (Å²) in [5.41, 5.74) is 2.57. The lowest BCUT2D eigenvalue weighted by Crippen LogP contribution is -2.18. The first-order valence-corrected chi connectivity index (χ1v) is 9.19. The molecule has 1 saturated carbocycles. The van der Waals surface area contributed by atoms with Gasteiger partial charge < -0.3 is 9.64 Å². The van der Waals surface area contributed by atoms with Crippen molar-refractivity contribution in [2.45, 2.75) is 38.2 Å². The largest absolute Gasteiger partial charge is 0.488 e. The zero-order chi connectivity index (χ0) is 18.1. The molecule has 6 nitrogen and oxygen atoms in total. The number of nitrogens with zero attached hydrogens (tertiary/aromatic N) is 4. The predicted octanol–water partition coefficient (Wildman–Crippen LogP) is 3.55. The summed E-state index contributed by atoms with van der Waals surface area (Å²) in [5.74, 6) is 1.73. The second-order valence-electron chi connectivity index (χ2n) is 7.30. The highest BCUT2D eigenvalue weighted by Gasteiger charge is 2.40. The summed E-state index contributed by atoms with van der Waals surface area (Å²) in [7, 11) is 1.78. The summed E-state index contributed by atoms with van der Waals surface area (Å²) >= 11 is 0. The normalized spacial score (nSPS) is 19.8. The van der Waals surface area contributed by atoms with E-state index in [1.807, 2.05) is 24.3 Å². The Bertz CT molecular complexity index is 885. The first kappa shape index (κ1) is 16.8. The van der Waals surface area contributed by atoms with Crippen LogP contribution in [-0.4, -0.2) is 53.3 Å². The lowest BCUT2D eigenvalue weighted by atomic mass is 10.1. The molecule has 2 heterocycles. The molecular weight excluding hydrogens is 326 g/mol. The van der Waals surface area contributed by atoms with Crippen molar-refractivity contribution < 1.29 is 4.74 Å². The molecule has 0 amide bonds. The molecule has 1 saturated heterocycles. The Morgan fingerprint density at radius 2 is 2.12 bits per heavy atom. The number of aliphatic imine (C=N–C) groups is 2. The number of hydrogen-bond acceptors (Lipinski definition) is 5. The van der Waals surface area contributed by atoms with E-state index in [0.29, 0.717) is 0 Å². The minimum atomic E-state index is -0.00512. The lowest BCUT2D eigenvalue weighted by Gasteiger charge is -2.17. The molecule has 2 aromatic rings. The fourth-order valence-electron chi connectivity index (χ4n) is 3.36. The van der Waals surface area contributed by atoms with Gasteiger partial charge >= 0.3 is 0 Å². The van der Waals surface area contributed by atoms with Crippen molar-refractivity contribution in [3.63, 3.8) is 0 Å². The number of ether oxygens (including phenoxy) is 1. The summed E-state index contributed by atoms with van der Waals surface area (Å²) in [6.45, 7) is 7.91. The summed E-state index contributed by atoms with van der Waals surface area (Å²) in [6.07, 6.45) is 6.58. The van der Waals surface area contributed by atoms with Gasteiger partial charge in [0.25, 0.3) is 0 Å². The van der Waals surface area contributed by atoms with E-state index in [2.05, 4.69) is 38.7 Å². The highest BCUT2D eigenvalue weighted by atomic mass is 16.5. The highest BCUT2D eigenvalue weighted by molar-refractivity contribution is 6.15. The van der Waals surface area contributed by atoms with Crippen LogP contribution in [-0.2, 0) is 0 Å². The number of H-pyrrole nitrogens is 1. The van der Waals surface area contributed by atoms with Crippen LogP contribution < -0.4 is 4.74 Å². The van der Waals surface area contributed by atoms with Gasteiger partial charge in [-0.1, -0.05) is 0 Å². The molecule has 136 valence electrons. The van der Waals surface area contributed by atoms with Crippen LogP contribution in [0.15, 0.2) is 40.1 Å². The fraction of sp³-hybridized carbons (Fsp3) is 0.450. The molecule has 1 aromatic carbocycles. The smallest absolute Gasteiger partial charge is 0.129 e. The maximum absolute atomic E-state index is 6.11. The van der Waals surface area contributed by atoms with Gasteiger partial charge in [-0.25, -0.2) is 4.99 Å². The van der Waals surface area contributed by atoms with Gasteiger partial charge in [0.05, 0.1) is 11.2 Å². The number of rotatable bonds is 6. The molecule has 0 atom stereocenters. The third kappa shape index (κ3) is 3.23. The summed E-state index contributed by atoms with van der Waals surface area (Å²) in [4.78, 5) is 10.9. The Morgan fingerprint density at radius 1 is 1.35 bits per heavy atom. The van der Waals surface area contributed by atoms with Gasteiger partial charge in [-0.15, -0.1) is 0 Å². The van der Waals surface area contributed by atoms with Crippen molar-refractivity contribution in [2.24, 2.45) is 9.98 Å². The van der Waals surface area contributed by atoms with Crippen LogP contribution in [0.1, 0.15) is 38.3 Å². The zero-order valence-corrected chi connectivity index (χ0v) is 15.5. The Labute approximate surface area is 153 Å². The van der Waals surface area contributed by atoms with E-state index in [0.717, 1.165) is 59.8 Å². The zero-order valence-electron chi connectivity index (χ0n) is 15.5. The Kier molecular flexibility index (Phi) is 4.26. The number of likely N-dealkylation sites (tertiary alicyclic amines) is 1. The number of nitrogens with one attached hydrogen (secondary N) is 1. The summed E-state index contributed by atoms with van der Waals surface area (Å²) in [5, 5.41) is 8.60. The Morgan fingerprint density at radius 3 is 2.77 bits per heavy atom. The summed E-state index contributed by atoms with van der Waals surface area (Å²) < 4.78 is 6.11. The van der Waals surface area contributed by atoms with Crippen LogP contribution in [0.25, 0.3) is 10.9 Å². The number of fused-ring (bicyclic) bond motifs is 1. The van der Waals surface area contributed by atoms with Gasteiger partial charge in [0.15, 0.2) is 0 Å². The third-order valence-corrected chi connectivity index (χ3v) is 5.19. The van der Waals surface area contributed by atoms with Gasteiger partial charge in [-0.2, -0.15) is 5.10 Å². The van der Waals surface area contributed by atoms with E-state index in [1.165, 1.54) is 12.8 Å². The molecule has 2 aliphatic rings. The van der Waals surface area contributed by atoms with Crippen LogP contribution >= 0.6 is 0 Å². The molecule has 4 rings (SSSR count). The van der Waals surface area contributed by atoms with Crippen molar-refractivity contribution in [1.29, 1.82) is 0 Å². The second-order valence-corrected chi connectivity index (χ2v) is 7.30. The van der Waals surface area contributed by atoms with Crippen LogP contribution in [0.5, 0.6) is 5.75 Å². The maximum Gasteiger partial charge on any atom is 0.129 e. The van der Waals surface area contributed by atoms with Gasteiger partial charge in [0.2, 0.25) is 0 Å². The van der Waals surface area contributed by atoms with E-state index in [4.69, 9.17) is 4.74 Å². The minimum Gasteiger partial charge on any atom is -0.488 e. The SMILES string of the molecule is C=N/C(=C\C(=N/C)c1n[nH]c2ccc(OC3(C)CC3)cc12)N1CCCC1. The molecule has 0 unspecified atom stereocenters. The van der Waals surface area contributed by atoms with Crippen LogP contribution in [0.3, 0.4) is 0 Å². The van der Waals surface area contributed by atoms with Crippen molar-refractivity contribution in [3.05, 3.63) is 35.8 Å². The topological polar surface area (TPSA) is 65.9 Å². The average molecular weight is 351 g/mol. The van der Waals surface area contributed by atoms with E-state index >= 15 is 0 Å². The number of allylic oxidation sites excluding steroid dienone is 1. The van der Waals surface area contributed by atoms with Gasteiger partial charge in [0, 0.05) is 31.6 Å². The van der Waals surface area contributed by atoms with E-state index < -0.39 is 0 Å². The maximum atomic E-state index is 6.11. The number of aromatic nitrogens is 2. The van der Waals surface area contributed by atoms with Crippen molar-refractivity contribution in [1.82, 2.24) is 15.1 Å². The third-order valence-electron chi connectivity index (χ3n) is 5.19. The predicted molar refractivity (Wildman–Crippen MR) is 105 cm³/mol. The first-order valence-electron chi connectivity index (χ1n) is 9.19. The molecule has 1 N–H and O–H groups in total. The quantitative estimate of drug-likeness (QED) is 0.810. The molecular formula is C20H25N5O. The number of hydrogen-bond donors (Lipinski definition) is 1. The lowest BCUT2D eigenvalue weighted by molar-refractivity contribution is 0.200.